The van der Waals surface area contributed by atoms with Crippen molar-refractivity contribution >= 4 is 21.7 Å². The first-order chi connectivity index (χ1) is 10.6. The lowest BCUT2D eigenvalue weighted by molar-refractivity contribution is 0.477. The molecule has 0 bridgehead atoms. The Bertz CT molecular complexity index is 704. The second-order valence-electron chi connectivity index (χ2n) is 6.68. The highest BCUT2D eigenvalue weighted by Crippen LogP contribution is 2.13. The first-order valence-electron chi connectivity index (χ1n) is 7.51. The highest BCUT2D eigenvalue weighted by atomic mass is 32.2. The maximum atomic E-state index is 11.2. The van der Waals surface area contributed by atoms with E-state index in [1.54, 1.807) is 0 Å². The molecule has 6 nitrogen and oxygen atoms in total. The zero-order valence-electron chi connectivity index (χ0n) is 13.7. The molecule has 126 valence electrons. The van der Waals surface area contributed by atoms with Crippen molar-refractivity contribution in [3.8, 4) is 0 Å². The largest absolute Gasteiger partial charge is 0.369 e. The Morgan fingerprint density at radius 3 is 2.48 bits per heavy atom. The molecule has 2 rings (SSSR count). The molecule has 23 heavy (non-hydrogen) atoms. The van der Waals surface area contributed by atoms with Crippen LogP contribution in [0.25, 0.3) is 0 Å². The number of nitrogens with one attached hydrogen (secondary N) is 1. The molecular weight excluding hydrogens is 314 g/mol. The molecule has 0 saturated heterocycles. The third-order valence-corrected chi connectivity index (χ3v) is 4.00. The molecule has 1 heterocycles. The van der Waals surface area contributed by atoms with E-state index < -0.39 is 21.9 Å². The molecule has 1 aromatic rings. The van der Waals surface area contributed by atoms with Gasteiger partial charge < -0.3 is 5.32 Å². The minimum Gasteiger partial charge on any atom is -0.369 e. The standard InChI is InChI=1S/C16H23N3O3S/c1-16(2,3)19-15-9-14(12-7-5-4-6-8-12)18-13(10-17-15)11-23(20,21)22/h4-8,13H,9-11H2,1-3H3,(H,17,19)(H,20,21,22). The molecule has 7 heteroatoms. The van der Waals surface area contributed by atoms with Crippen LogP contribution < -0.4 is 5.32 Å². The Morgan fingerprint density at radius 2 is 1.91 bits per heavy atom. The first-order valence-corrected chi connectivity index (χ1v) is 9.12. The molecule has 2 N–H and O–H groups in total. The molecule has 1 unspecified atom stereocenters. The highest BCUT2D eigenvalue weighted by molar-refractivity contribution is 7.85. The molecule has 0 aromatic heterocycles. The van der Waals surface area contributed by atoms with Gasteiger partial charge in [-0.25, -0.2) is 0 Å². The van der Waals surface area contributed by atoms with Crippen molar-refractivity contribution in [1.29, 1.82) is 0 Å². The van der Waals surface area contributed by atoms with E-state index >= 15 is 0 Å². The fraction of sp³-hybridized carbons (Fsp3) is 0.500. The van der Waals surface area contributed by atoms with Gasteiger partial charge in [-0.15, -0.1) is 0 Å². The number of rotatable bonds is 3. The molecule has 1 atom stereocenters. The number of hydrogen-bond donors (Lipinski definition) is 2. The Balaban J connectivity index is 2.33. The monoisotopic (exact) mass is 337 g/mol. The van der Waals surface area contributed by atoms with Crippen LogP contribution in [0.1, 0.15) is 32.8 Å². The minimum absolute atomic E-state index is 0.149. The number of nitrogens with zero attached hydrogens (tertiary/aromatic N) is 2. The van der Waals surface area contributed by atoms with Gasteiger partial charge in [0.25, 0.3) is 10.1 Å². The third-order valence-electron chi connectivity index (χ3n) is 3.20. The van der Waals surface area contributed by atoms with Crippen LogP contribution in [0.4, 0.5) is 0 Å². The molecule has 1 aromatic carbocycles. The van der Waals surface area contributed by atoms with Crippen molar-refractivity contribution in [1.82, 2.24) is 5.32 Å². The number of hydrogen-bond acceptors (Lipinski definition) is 5. The molecular formula is C16H23N3O3S. The first kappa shape index (κ1) is 17.6. The van der Waals surface area contributed by atoms with Gasteiger partial charge >= 0.3 is 0 Å². The van der Waals surface area contributed by atoms with Crippen LogP contribution in [0, 0.1) is 0 Å². The second kappa shape index (κ2) is 6.80. The zero-order valence-corrected chi connectivity index (χ0v) is 14.5. The van der Waals surface area contributed by atoms with Crippen molar-refractivity contribution in [3.05, 3.63) is 35.9 Å². The molecule has 0 spiro atoms. The van der Waals surface area contributed by atoms with Crippen molar-refractivity contribution in [3.63, 3.8) is 0 Å². The second-order valence-corrected chi connectivity index (χ2v) is 8.18. The van der Waals surface area contributed by atoms with Gasteiger partial charge in [0.05, 0.1) is 18.3 Å². The van der Waals surface area contributed by atoms with E-state index in [1.807, 2.05) is 51.1 Å². The van der Waals surface area contributed by atoms with Crippen molar-refractivity contribution in [2.45, 2.75) is 38.8 Å². The predicted octanol–water partition coefficient (Wildman–Crippen LogP) is 1.92. The summed E-state index contributed by atoms with van der Waals surface area (Å²) < 4.78 is 31.5. The SMILES string of the molecule is CC(C)(C)NC1=NCC(CS(=O)(=O)O)N=C(c2ccccc2)C1. The summed E-state index contributed by atoms with van der Waals surface area (Å²) in [6, 6.07) is 9.02. The summed E-state index contributed by atoms with van der Waals surface area (Å²) in [5, 5.41) is 3.34. The van der Waals surface area contributed by atoms with Gasteiger partial charge in [-0.3, -0.25) is 14.5 Å². The summed E-state index contributed by atoms with van der Waals surface area (Å²) in [6.07, 6.45) is 0.503. The molecule has 0 amide bonds. The maximum Gasteiger partial charge on any atom is 0.267 e. The van der Waals surface area contributed by atoms with Gasteiger partial charge in [0.15, 0.2) is 0 Å². The molecule has 0 aliphatic carbocycles. The lowest BCUT2D eigenvalue weighted by Crippen LogP contribution is -2.41. The summed E-state index contributed by atoms with van der Waals surface area (Å²) in [5.74, 6) is 0.355. The average Bonchev–Trinajstić information content (AvgIpc) is 2.59. The lowest BCUT2D eigenvalue weighted by Gasteiger charge is -2.23. The average molecular weight is 337 g/mol. The fourth-order valence-corrected chi connectivity index (χ4v) is 3.06. The topological polar surface area (TPSA) is 91.1 Å². The minimum atomic E-state index is -4.09. The van der Waals surface area contributed by atoms with E-state index in [9.17, 15) is 8.42 Å². The van der Waals surface area contributed by atoms with Crippen molar-refractivity contribution in [2.75, 3.05) is 12.3 Å². The van der Waals surface area contributed by atoms with Crippen LogP contribution >= 0.6 is 0 Å². The van der Waals surface area contributed by atoms with E-state index in [1.165, 1.54) is 0 Å². The van der Waals surface area contributed by atoms with Gasteiger partial charge in [-0.2, -0.15) is 8.42 Å². The lowest BCUT2D eigenvalue weighted by atomic mass is 10.0. The summed E-state index contributed by atoms with van der Waals surface area (Å²) >= 11 is 0. The van der Waals surface area contributed by atoms with E-state index in [0.29, 0.717) is 6.42 Å². The van der Waals surface area contributed by atoms with Gasteiger partial charge in [0, 0.05) is 17.7 Å². The maximum absolute atomic E-state index is 11.2. The van der Waals surface area contributed by atoms with Gasteiger partial charge in [0.1, 0.15) is 5.84 Å². The quantitative estimate of drug-likeness (QED) is 0.825. The zero-order chi connectivity index (χ0) is 17.1. The summed E-state index contributed by atoms with van der Waals surface area (Å²) in [4.78, 5) is 9.00. The Labute approximate surface area is 137 Å². The number of aliphatic imine (C=N–C) groups is 2. The van der Waals surface area contributed by atoms with Crippen LogP contribution in [0.2, 0.25) is 0 Å². The summed E-state index contributed by atoms with van der Waals surface area (Å²) in [5.41, 5.74) is 1.55. The molecule has 0 radical (unpaired) electrons. The van der Waals surface area contributed by atoms with Crippen LogP contribution in [-0.4, -0.2) is 48.4 Å². The van der Waals surface area contributed by atoms with Gasteiger partial charge in [-0.1, -0.05) is 30.3 Å². The molecule has 0 fully saturated rings. The van der Waals surface area contributed by atoms with Crippen LogP contribution in [0.5, 0.6) is 0 Å². The van der Waals surface area contributed by atoms with E-state index in [2.05, 4.69) is 15.3 Å². The van der Waals surface area contributed by atoms with Crippen LogP contribution in [-0.2, 0) is 10.1 Å². The highest BCUT2D eigenvalue weighted by Gasteiger charge is 2.23. The van der Waals surface area contributed by atoms with Crippen molar-refractivity contribution in [2.24, 2.45) is 9.98 Å². The van der Waals surface area contributed by atoms with E-state index in [0.717, 1.165) is 17.1 Å². The van der Waals surface area contributed by atoms with E-state index in [4.69, 9.17) is 4.55 Å². The molecule has 0 saturated carbocycles. The number of benzene rings is 1. The number of amidine groups is 1. The molecule has 1 aliphatic heterocycles. The smallest absolute Gasteiger partial charge is 0.267 e. The van der Waals surface area contributed by atoms with Gasteiger partial charge in [0.2, 0.25) is 0 Å². The summed E-state index contributed by atoms with van der Waals surface area (Å²) in [6.45, 7) is 6.34. The van der Waals surface area contributed by atoms with E-state index in [-0.39, 0.29) is 12.1 Å². The predicted molar refractivity (Wildman–Crippen MR) is 93.0 cm³/mol. The Hall–Kier alpha value is -1.73. The molecule has 1 aliphatic rings. The Morgan fingerprint density at radius 1 is 1.26 bits per heavy atom. The van der Waals surface area contributed by atoms with Gasteiger partial charge in [-0.05, 0) is 26.3 Å². The third kappa shape index (κ3) is 6.11. The summed E-state index contributed by atoms with van der Waals surface area (Å²) in [7, 11) is -4.09. The van der Waals surface area contributed by atoms with Crippen molar-refractivity contribution < 1.29 is 13.0 Å². The Kier molecular flexibility index (Phi) is 5.21. The fourth-order valence-electron chi connectivity index (χ4n) is 2.39. The van der Waals surface area contributed by atoms with Crippen LogP contribution in [0.3, 0.4) is 0 Å². The van der Waals surface area contributed by atoms with Crippen LogP contribution in [0.15, 0.2) is 40.3 Å². The normalized spacial score (nSPS) is 19.6.